The number of Topliss-reactive ketones (excluding diaryl/α,β-unsaturated/α-hetero) is 1. The van der Waals surface area contributed by atoms with Crippen molar-refractivity contribution in [3.8, 4) is 11.5 Å². The van der Waals surface area contributed by atoms with Crippen LogP contribution in [0.15, 0.2) is 66.2 Å². The quantitative estimate of drug-likeness (QED) is 0.265. The molecule has 1 atom stereocenters. The fourth-order valence-corrected chi connectivity index (χ4v) is 4.40. The third kappa shape index (κ3) is 4.33. The van der Waals surface area contributed by atoms with Gasteiger partial charge in [0.25, 0.3) is 11.7 Å². The largest absolute Gasteiger partial charge is 0.507 e. The zero-order valence-corrected chi connectivity index (χ0v) is 20.8. The minimum atomic E-state index is -0.944. The van der Waals surface area contributed by atoms with Gasteiger partial charge in [-0.25, -0.2) is 4.39 Å². The van der Waals surface area contributed by atoms with Crippen molar-refractivity contribution in [2.45, 2.75) is 32.7 Å². The van der Waals surface area contributed by atoms with Gasteiger partial charge in [-0.1, -0.05) is 32.0 Å². The lowest BCUT2D eigenvalue weighted by molar-refractivity contribution is -0.132. The van der Waals surface area contributed by atoms with E-state index in [4.69, 9.17) is 9.47 Å². The van der Waals surface area contributed by atoms with E-state index in [0.29, 0.717) is 28.3 Å². The van der Waals surface area contributed by atoms with Crippen molar-refractivity contribution >= 4 is 23.1 Å². The van der Waals surface area contributed by atoms with Gasteiger partial charge in [-0.2, -0.15) is 0 Å². The van der Waals surface area contributed by atoms with Crippen molar-refractivity contribution in [3.63, 3.8) is 0 Å². The van der Waals surface area contributed by atoms with Gasteiger partial charge < -0.3 is 14.6 Å². The minimum absolute atomic E-state index is 0.0915. The summed E-state index contributed by atoms with van der Waals surface area (Å²) in [6, 6.07) is 15.6. The number of ketones is 1. The molecule has 0 aliphatic carbocycles. The highest BCUT2D eigenvalue weighted by molar-refractivity contribution is 6.51. The third-order valence-corrected chi connectivity index (χ3v) is 6.44. The van der Waals surface area contributed by atoms with Crippen LogP contribution in [0.3, 0.4) is 0 Å². The van der Waals surface area contributed by atoms with E-state index >= 15 is 0 Å². The van der Waals surface area contributed by atoms with Crippen molar-refractivity contribution in [1.82, 2.24) is 0 Å². The molecule has 0 radical (unpaired) electrons. The van der Waals surface area contributed by atoms with E-state index in [2.05, 4.69) is 13.8 Å². The van der Waals surface area contributed by atoms with Crippen molar-refractivity contribution in [3.05, 3.63) is 94.3 Å². The van der Waals surface area contributed by atoms with Gasteiger partial charge in [0.05, 0.1) is 25.8 Å². The Balaban J connectivity index is 1.95. The molecular weight excluding hydrogens is 461 g/mol. The Morgan fingerprint density at radius 2 is 1.61 bits per heavy atom. The zero-order chi connectivity index (χ0) is 26.1. The molecule has 0 spiro atoms. The first-order valence-electron chi connectivity index (χ1n) is 11.6. The smallest absolute Gasteiger partial charge is 0.300 e. The number of aliphatic hydroxyl groups is 1. The maximum absolute atomic E-state index is 13.9. The van der Waals surface area contributed by atoms with E-state index in [1.54, 1.807) is 37.3 Å². The number of anilines is 1. The van der Waals surface area contributed by atoms with Crippen LogP contribution in [0, 0.1) is 12.7 Å². The van der Waals surface area contributed by atoms with Crippen molar-refractivity contribution in [1.29, 1.82) is 0 Å². The van der Waals surface area contributed by atoms with Crippen molar-refractivity contribution < 1.29 is 28.6 Å². The average molecular weight is 490 g/mol. The highest BCUT2D eigenvalue weighted by atomic mass is 19.1. The fourth-order valence-electron chi connectivity index (χ4n) is 4.40. The van der Waals surface area contributed by atoms with Gasteiger partial charge >= 0.3 is 0 Å². The maximum Gasteiger partial charge on any atom is 0.300 e. The molecule has 0 bridgehead atoms. The number of hydrogen-bond acceptors (Lipinski definition) is 5. The number of aliphatic hydroxyl groups excluding tert-OH is 1. The van der Waals surface area contributed by atoms with E-state index in [-0.39, 0.29) is 22.8 Å². The predicted octanol–water partition coefficient (Wildman–Crippen LogP) is 5.90. The SMILES string of the molecule is COc1ccc(C2/C(=C(/O)c3ccc(F)c(C)c3)C(=O)C(=O)N2c2ccc(C(C)C)cc2)cc1OC. The lowest BCUT2D eigenvalue weighted by Crippen LogP contribution is -2.29. The van der Waals surface area contributed by atoms with E-state index in [0.717, 1.165) is 5.56 Å². The molecule has 1 N–H and O–H groups in total. The zero-order valence-electron chi connectivity index (χ0n) is 20.8. The number of methoxy groups -OCH3 is 2. The van der Waals surface area contributed by atoms with Crippen LogP contribution in [0.2, 0.25) is 0 Å². The molecule has 6 nitrogen and oxygen atoms in total. The summed E-state index contributed by atoms with van der Waals surface area (Å²) in [5.74, 6) is -1.24. The monoisotopic (exact) mass is 489 g/mol. The molecule has 1 unspecified atom stereocenters. The fraction of sp³-hybridized carbons (Fsp3) is 0.241. The Hall–Kier alpha value is -4.13. The molecule has 1 fully saturated rings. The van der Waals surface area contributed by atoms with E-state index < -0.39 is 23.5 Å². The lowest BCUT2D eigenvalue weighted by Gasteiger charge is -2.26. The summed E-state index contributed by atoms with van der Waals surface area (Å²) in [5.41, 5.74) is 2.59. The first-order valence-corrected chi connectivity index (χ1v) is 11.6. The summed E-state index contributed by atoms with van der Waals surface area (Å²) < 4.78 is 24.7. The van der Waals surface area contributed by atoms with Crippen LogP contribution < -0.4 is 14.4 Å². The minimum Gasteiger partial charge on any atom is -0.507 e. The first kappa shape index (κ1) is 25.0. The predicted molar refractivity (Wildman–Crippen MR) is 136 cm³/mol. The summed E-state index contributed by atoms with van der Waals surface area (Å²) in [5, 5.41) is 11.3. The molecule has 36 heavy (non-hydrogen) atoms. The van der Waals surface area contributed by atoms with Gasteiger partial charge in [-0.3, -0.25) is 14.5 Å². The number of aryl methyl sites for hydroxylation is 1. The van der Waals surface area contributed by atoms with Crippen LogP contribution in [0.1, 0.15) is 48.1 Å². The second-order valence-corrected chi connectivity index (χ2v) is 8.99. The van der Waals surface area contributed by atoms with Crippen LogP contribution >= 0.6 is 0 Å². The molecule has 3 aromatic carbocycles. The average Bonchev–Trinajstić information content (AvgIpc) is 3.15. The maximum atomic E-state index is 13.9. The number of rotatable bonds is 6. The molecule has 1 amide bonds. The summed E-state index contributed by atoms with van der Waals surface area (Å²) in [4.78, 5) is 28.1. The molecule has 1 aliphatic heterocycles. The molecule has 3 aromatic rings. The van der Waals surface area contributed by atoms with Gasteiger partial charge in [-0.15, -0.1) is 0 Å². The molecule has 0 saturated carbocycles. The first-order chi connectivity index (χ1) is 17.2. The van der Waals surface area contributed by atoms with Crippen LogP contribution in [-0.4, -0.2) is 31.0 Å². The van der Waals surface area contributed by atoms with Gasteiger partial charge in [0, 0.05) is 11.3 Å². The molecule has 1 saturated heterocycles. The number of ether oxygens (including phenoxy) is 2. The molecule has 1 aliphatic rings. The summed E-state index contributed by atoms with van der Waals surface area (Å²) in [6.07, 6.45) is 0. The molecule has 186 valence electrons. The van der Waals surface area contributed by atoms with E-state index in [9.17, 15) is 19.1 Å². The van der Waals surface area contributed by atoms with E-state index in [1.807, 2.05) is 12.1 Å². The van der Waals surface area contributed by atoms with Crippen molar-refractivity contribution in [2.24, 2.45) is 0 Å². The third-order valence-electron chi connectivity index (χ3n) is 6.44. The number of benzene rings is 3. The topological polar surface area (TPSA) is 76.1 Å². The molecule has 7 heteroatoms. The summed E-state index contributed by atoms with van der Waals surface area (Å²) in [7, 11) is 3.00. The molecule has 1 heterocycles. The number of nitrogens with zero attached hydrogens (tertiary/aromatic N) is 1. The van der Waals surface area contributed by atoms with Crippen LogP contribution in [0.4, 0.5) is 10.1 Å². The normalized spacial score (nSPS) is 17.1. The standard InChI is InChI=1S/C29H28FNO5/c1-16(2)18-6-10-21(11-7-18)31-26(19-9-13-23(35-4)24(15-19)36-5)25(28(33)29(31)34)27(32)20-8-12-22(30)17(3)14-20/h6-16,26,32H,1-5H3/b27-25-. The van der Waals surface area contributed by atoms with Gasteiger partial charge in [0.15, 0.2) is 11.5 Å². The number of hydrogen-bond donors (Lipinski definition) is 1. The van der Waals surface area contributed by atoms with Crippen LogP contribution in [-0.2, 0) is 9.59 Å². The second kappa shape index (κ2) is 9.85. The highest BCUT2D eigenvalue weighted by Crippen LogP contribution is 2.44. The van der Waals surface area contributed by atoms with Gasteiger partial charge in [-0.05, 0) is 72.0 Å². The Kier molecular flexibility index (Phi) is 6.84. The Bertz CT molecular complexity index is 1360. The Morgan fingerprint density at radius 3 is 2.19 bits per heavy atom. The summed E-state index contributed by atoms with van der Waals surface area (Å²) >= 11 is 0. The lowest BCUT2D eigenvalue weighted by atomic mass is 9.94. The molecule has 0 aromatic heterocycles. The number of amides is 1. The van der Waals surface area contributed by atoms with E-state index in [1.165, 1.54) is 37.3 Å². The highest BCUT2D eigenvalue weighted by Gasteiger charge is 2.47. The Labute approximate surface area is 209 Å². The van der Waals surface area contributed by atoms with Gasteiger partial charge in [0.2, 0.25) is 0 Å². The Morgan fingerprint density at radius 1 is 0.944 bits per heavy atom. The number of halogens is 1. The number of carbonyl (C=O) groups excluding carboxylic acids is 2. The molecule has 4 rings (SSSR count). The molecular formula is C29H28FNO5. The van der Waals surface area contributed by atoms with Gasteiger partial charge in [0.1, 0.15) is 11.6 Å². The van der Waals surface area contributed by atoms with Crippen LogP contribution in [0.5, 0.6) is 11.5 Å². The number of carbonyl (C=O) groups is 2. The summed E-state index contributed by atoms with van der Waals surface area (Å²) in [6.45, 7) is 5.69. The van der Waals surface area contributed by atoms with Crippen LogP contribution in [0.25, 0.3) is 5.76 Å². The second-order valence-electron chi connectivity index (χ2n) is 8.99. The van der Waals surface area contributed by atoms with Crippen molar-refractivity contribution in [2.75, 3.05) is 19.1 Å².